The molecule has 2 aliphatic heterocycles. The second-order valence-electron chi connectivity index (χ2n) is 9.08. The predicted molar refractivity (Wildman–Crippen MR) is 140 cm³/mol. The maximum atomic E-state index is 13.1. The number of ether oxygens (including phenoxy) is 1. The minimum Gasteiger partial charge on any atom is -0.376 e. The summed E-state index contributed by atoms with van der Waals surface area (Å²) in [5, 5.41) is 6.36. The standard InChI is InChI=1S/C25H29Cl2N3O5S/c26-21-10-9-17(13-22(21)27)16-36(33,34)30-11-3-5-18(15-30)24(31)29-23-8-2-1-7-20(23)25(32)28-14-19-6-4-12-35-19/h1-2,7-10,13,18-19H,3-6,11-12,14-16H2,(H,28,32)(H,29,31)/t18-,19+/m0/s1. The molecule has 2 N–H and O–H groups in total. The number of hydrogen-bond acceptors (Lipinski definition) is 5. The number of rotatable bonds is 8. The maximum Gasteiger partial charge on any atom is 0.253 e. The van der Waals surface area contributed by atoms with Gasteiger partial charge in [0.1, 0.15) is 0 Å². The van der Waals surface area contributed by atoms with Crippen LogP contribution in [-0.4, -0.2) is 56.9 Å². The van der Waals surface area contributed by atoms with E-state index >= 15 is 0 Å². The lowest BCUT2D eigenvalue weighted by molar-refractivity contribution is -0.120. The molecule has 11 heteroatoms. The van der Waals surface area contributed by atoms with Crippen molar-refractivity contribution in [3.63, 3.8) is 0 Å². The zero-order valence-electron chi connectivity index (χ0n) is 19.7. The Morgan fingerprint density at radius 1 is 1.06 bits per heavy atom. The number of anilines is 1. The zero-order valence-corrected chi connectivity index (χ0v) is 22.0. The average molecular weight is 554 g/mol. The molecule has 0 bridgehead atoms. The number of nitrogens with zero attached hydrogens (tertiary/aromatic N) is 1. The molecule has 2 atom stereocenters. The van der Waals surface area contributed by atoms with E-state index in [0.29, 0.717) is 59.4 Å². The van der Waals surface area contributed by atoms with Gasteiger partial charge < -0.3 is 15.4 Å². The Morgan fingerprint density at radius 3 is 2.61 bits per heavy atom. The highest BCUT2D eigenvalue weighted by Gasteiger charge is 2.33. The first-order valence-corrected chi connectivity index (χ1v) is 14.3. The molecule has 2 fully saturated rings. The van der Waals surface area contributed by atoms with Gasteiger partial charge in [-0.3, -0.25) is 9.59 Å². The fraction of sp³-hybridized carbons (Fsp3) is 0.440. The molecule has 0 unspecified atom stereocenters. The van der Waals surface area contributed by atoms with Crippen molar-refractivity contribution in [3.05, 3.63) is 63.6 Å². The van der Waals surface area contributed by atoms with Crippen LogP contribution in [-0.2, 0) is 25.3 Å². The van der Waals surface area contributed by atoms with E-state index in [1.54, 1.807) is 36.4 Å². The zero-order chi connectivity index (χ0) is 25.7. The number of carbonyl (C=O) groups excluding carboxylic acids is 2. The van der Waals surface area contributed by atoms with Crippen molar-refractivity contribution in [2.75, 3.05) is 31.6 Å². The second kappa shape index (κ2) is 11.9. The van der Waals surface area contributed by atoms with Gasteiger partial charge in [0.05, 0.1) is 39.1 Å². The summed E-state index contributed by atoms with van der Waals surface area (Å²) in [6.07, 6.45) is 3.01. The Hall–Kier alpha value is -2.17. The van der Waals surface area contributed by atoms with Gasteiger partial charge in [-0.1, -0.05) is 41.4 Å². The van der Waals surface area contributed by atoms with E-state index in [2.05, 4.69) is 10.6 Å². The highest BCUT2D eigenvalue weighted by atomic mass is 35.5. The van der Waals surface area contributed by atoms with Crippen LogP contribution in [0.1, 0.15) is 41.6 Å². The average Bonchev–Trinajstić information content (AvgIpc) is 3.39. The van der Waals surface area contributed by atoms with Gasteiger partial charge in [0.2, 0.25) is 15.9 Å². The van der Waals surface area contributed by atoms with E-state index in [1.807, 2.05) is 0 Å². The SMILES string of the molecule is O=C(NC[C@H]1CCCO1)c1ccccc1NC(=O)[C@H]1CCCN(S(=O)(=O)Cc2ccc(Cl)c(Cl)c2)C1. The topological polar surface area (TPSA) is 105 Å². The first-order valence-electron chi connectivity index (χ1n) is 11.9. The van der Waals surface area contributed by atoms with Crippen LogP contribution < -0.4 is 10.6 Å². The van der Waals surface area contributed by atoms with Crippen LogP contribution in [0.25, 0.3) is 0 Å². The molecule has 194 valence electrons. The molecule has 2 aromatic carbocycles. The molecule has 2 aromatic rings. The molecular weight excluding hydrogens is 525 g/mol. The third kappa shape index (κ3) is 6.77. The number of para-hydroxylation sites is 1. The Kier molecular flexibility index (Phi) is 8.90. The van der Waals surface area contributed by atoms with Crippen molar-refractivity contribution in [1.82, 2.24) is 9.62 Å². The number of sulfonamides is 1. The third-order valence-corrected chi connectivity index (χ3v) is 8.98. The fourth-order valence-electron chi connectivity index (χ4n) is 4.47. The summed E-state index contributed by atoms with van der Waals surface area (Å²) < 4.78 is 33.0. The molecule has 0 radical (unpaired) electrons. The van der Waals surface area contributed by atoms with Crippen molar-refractivity contribution >= 4 is 50.7 Å². The van der Waals surface area contributed by atoms with Crippen LogP contribution in [0.3, 0.4) is 0 Å². The maximum absolute atomic E-state index is 13.1. The Labute approximate surface area is 221 Å². The van der Waals surface area contributed by atoms with E-state index in [1.165, 1.54) is 10.4 Å². The summed E-state index contributed by atoms with van der Waals surface area (Å²) >= 11 is 12.0. The van der Waals surface area contributed by atoms with Gasteiger partial charge in [-0.15, -0.1) is 0 Å². The van der Waals surface area contributed by atoms with Gasteiger partial charge in [0, 0.05) is 26.2 Å². The lowest BCUT2D eigenvalue weighted by atomic mass is 9.98. The van der Waals surface area contributed by atoms with Crippen LogP contribution in [0.15, 0.2) is 42.5 Å². The molecule has 0 aromatic heterocycles. The molecule has 0 spiro atoms. The quantitative estimate of drug-likeness (QED) is 0.512. The Morgan fingerprint density at radius 2 is 1.86 bits per heavy atom. The van der Waals surface area contributed by atoms with E-state index in [9.17, 15) is 18.0 Å². The van der Waals surface area contributed by atoms with E-state index < -0.39 is 15.9 Å². The number of nitrogens with one attached hydrogen (secondary N) is 2. The summed E-state index contributed by atoms with van der Waals surface area (Å²) in [6, 6.07) is 11.5. The fourth-order valence-corrected chi connectivity index (χ4v) is 6.39. The first-order chi connectivity index (χ1) is 17.2. The molecule has 0 saturated carbocycles. The van der Waals surface area contributed by atoms with Gasteiger partial charge in [0.15, 0.2) is 0 Å². The largest absolute Gasteiger partial charge is 0.376 e. The van der Waals surface area contributed by atoms with Crippen LogP contribution in [0.2, 0.25) is 10.0 Å². The second-order valence-corrected chi connectivity index (χ2v) is 11.9. The number of carbonyl (C=O) groups is 2. The predicted octanol–water partition coefficient (Wildman–Crippen LogP) is 4.08. The van der Waals surface area contributed by atoms with Crippen LogP contribution in [0, 0.1) is 5.92 Å². The van der Waals surface area contributed by atoms with E-state index in [4.69, 9.17) is 27.9 Å². The monoisotopic (exact) mass is 553 g/mol. The third-order valence-electron chi connectivity index (χ3n) is 6.43. The van der Waals surface area contributed by atoms with Crippen molar-refractivity contribution in [3.8, 4) is 0 Å². The van der Waals surface area contributed by atoms with Gasteiger partial charge in [0.25, 0.3) is 5.91 Å². The van der Waals surface area contributed by atoms with Gasteiger partial charge in [-0.25, -0.2) is 12.7 Å². The highest BCUT2D eigenvalue weighted by molar-refractivity contribution is 7.88. The number of amides is 2. The number of halogens is 2. The lowest BCUT2D eigenvalue weighted by Gasteiger charge is -2.31. The Bertz CT molecular complexity index is 1220. The minimum atomic E-state index is -3.67. The summed E-state index contributed by atoms with van der Waals surface area (Å²) in [4.78, 5) is 25.9. The van der Waals surface area contributed by atoms with Crippen molar-refractivity contribution < 1.29 is 22.7 Å². The van der Waals surface area contributed by atoms with Crippen molar-refractivity contribution in [2.24, 2.45) is 5.92 Å². The smallest absolute Gasteiger partial charge is 0.253 e. The summed E-state index contributed by atoms with van der Waals surface area (Å²) in [7, 11) is -3.67. The molecule has 8 nitrogen and oxygen atoms in total. The summed E-state index contributed by atoms with van der Waals surface area (Å²) in [6.45, 7) is 1.53. The van der Waals surface area contributed by atoms with E-state index in [0.717, 1.165) is 12.8 Å². The first kappa shape index (κ1) is 26.9. The minimum absolute atomic E-state index is 0.00905. The molecule has 36 heavy (non-hydrogen) atoms. The Balaban J connectivity index is 1.39. The number of hydrogen-bond donors (Lipinski definition) is 2. The molecule has 2 amide bonds. The van der Waals surface area contributed by atoms with E-state index in [-0.39, 0.29) is 30.2 Å². The summed E-state index contributed by atoms with van der Waals surface area (Å²) in [5.41, 5.74) is 1.27. The molecule has 2 aliphatic rings. The number of piperidine rings is 1. The lowest BCUT2D eigenvalue weighted by Crippen LogP contribution is -2.44. The molecular formula is C25H29Cl2N3O5S. The van der Waals surface area contributed by atoms with Gasteiger partial charge >= 0.3 is 0 Å². The highest BCUT2D eigenvalue weighted by Crippen LogP contribution is 2.27. The van der Waals surface area contributed by atoms with Crippen LogP contribution in [0.5, 0.6) is 0 Å². The molecule has 0 aliphatic carbocycles. The van der Waals surface area contributed by atoms with Crippen molar-refractivity contribution in [2.45, 2.75) is 37.5 Å². The summed E-state index contributed by atoms with van der Waals surface area (Å²) in [5.74, 6) is -1.38. The van der Waals surface area contributed by atoms with Crippen LogP contribution in [0.4, 0.5) is 5.69 Å². The molecule has 4 rings (SSSR count). The van der Waals surface area contributed by atoms with Gasteiger partial charge in [-0.2, -0.15) is 0 Å². The van der Waals surface area contributed by atoms with Crippen LogP contribution >= 0.6 is 23.2 Å². The van der Waals surface area contributed by atoms with Gasteiger partial charge in [-0.05, 0) is 55.5 Å². The van der Waals surface area contributed by atoms with Crippen molar-refractivity contribution in [1.29, 1.82) is 0 Å². The normalized spacial score (nSPS) is 20.7. The molecule has 2 saturated heterocycles. The number of benzene rings is 2. The molecule has 2 heterocycles.